The van der Waals surface area contributed by atoms with E-state index in [-0.39, 0.29) is 30.8 Å². The number of nitrogens with two attached hydrogens (primary N) is 1. The molecule has 0 unspecified atom stereocenters. The number of carbonyl (C=O) groups is 2. The van der Waals surface area contributed by atoms with Gasteiger partial charge in [-0.3, -0.25) is 9.59 Å². The first-order valence-corrected chi connectivity index (χ1v) is 5.59. The summed E-state index contributed by atoms with van der Waals surface area (Å²) in [7, 11) is 1.32. The lowest BCUT2D eigenvalue weighted by Crippen LogP contribution is -2.39. The predicted octanol–water partition coefficient (Wildman–Crippen LogP) is 1.62. The van der Waals surface area contributed by atoms with E-state index in [1.807, 2.05) is 0 Å². The van der Waals surface area contributed by atoms with Gasteiger partial charge < -0.3 is 15.8 Å². The number of methoxy groups -OCH3 is 1. The quantitative estimate of drug-likeness (QED) is 0.651. The number of benzene rings is 1. The molecule has 1 aromatic carbocycles. The number of nitrogens with one attached hydrogen (secondary N) is 1. The van der Waals surface area contributed by atoms with Gasteiger partial charge in [-0.1, -0.05) is 6.07 Å². The minimum atomic E-state index is -0.759. The summed E-state index contributed by atoms with van der Waals surface area (Å²) < 4.78 is 4.66. The Bertz CT molecular complexity index is 461. The molecule has 0 spiro atoms. The summed E-state index contributed by atoms with van der Waals surface area (Å²) in [5.74, 6) is -0.630. The van der Waals surface area contributed by atoms with Crippen molar-refractivity contribution in [3.63, 3.8) is 0 Å². The first kappa shape index (κ1) is 17.2. The second kappa shape index (κ2) is 6.99. The second-order valence-electron chi connectivity index (χ2n) is 4.68. The van der Waals surface area contributed by atoms with Gasteiger partial charge in [-0.15, -0.1) is 12.4 Å². The van der Waals surface area contributed by atoms with E-state index >= 15 is 0 Å². The largest absolute Gasteiger partial charge is 0.469 e. The fourth-order valence-electron chi connectivity index (χ4n) is 1.43. The summed E-state index contributed by atoms with van der Waals surface area (Å²) in [6.07, 6.45) is 0. The fraction of sp³-hybridized carbons (Fsp3) is 0.385. The van der Waals surface area contributed by atoms with E-state index in [0.29, 0.717) is 11.3 Å². The molecular weight excluding hydrogens is 268 g/mol. The van der Waals surface area contributed by atoms with E-state index in [1.54, 1.807) is 38.1 Å². The molecule has 0 atom stereocenters. The molecule has 106 valence electrons. The Morgan fingerprint density at radius 2 is 2.00 bits per heavy atom. The normalized spacial score (nSPS) is 10.3. The zero-order valence-corrected chi connectivity index (χ0v) is 12.0. The first-order valence-electron chi connectivity index (χ1n) is 5.59. The highest BCUT2D eigenvalue weighted by molar-refractivity contribution is 5.95. The van der Waals surface area contributed by atoms with Crippen LogP contribution in [0.5, 0.6) is 0 Å². The van der Waals surface area contributed by atoms with E-state index in [2.05, 4.69) is 10.1 Å². The minimum absolute atomic E-state index is 0. The molecule has 0 fully saturated rings. The molecule has 3 N–H and O–H groups in total. The van der Waals surface area contributed by atoms with E-state index in [0.717, 1.165) is 0 Å². The van der Waals surface area contributed by atoms with Crippen molar-refractivity contribution in [1.82, 2.24) is 5.32 Å². The Labute approximate surface area is 118 Å². The SMILES string of the molecule is COC(=O)C(C)(C)CNC(=O)c1cccc(N)c1.Cl. The highest BCUT2D eigenvalue weighted by atomic mass is 35.5. The van der Waals surface area contributed by atoms with Crippen molar-refractivity contribution in [1.29, 1.82) is 0 Å². The van der Waals surface area contributed by atoms with Crippen LogP contribution < -0.4 is 11.1 Å². The number of ether oxygens (including phenoxy) is 1. The van der Waals surface area contributed by atoms with Crippen LogP contribution in [0.1, 0.15) is 24.2 Å². The molecule has 0 saturated carbocycles. The number of anilines is 1. The maximum absolute atomic E-state index is 11.8. The molecule has 1 aromatic rings. The third-order valence-electron chi connectivity index (χ3n) is 2.58. The lowest BCUT2D eigenvalue weighted by molar-refractivity contribution is -0.150. The van der Waals surface area contributed by atoms with Crippen molar-refractivity contribution >= 4 is 30.0 Å². The predicted molar refractivity (Wildman–Crippen MR) is 76.2 cm³/mol. The van der Waals surface area contributed by atoms with Crippen LogP contribution in [0.2, 0.25) is 0 Å². The molecule has 19 heavy (non-hydrogen) atoms. The molecule has 1 amide bonds. The molecule has 0 saturated heterocycles. The van der Waals surface area contributed by atoms with Crippen LogP contribution in [0, 0.1) is 5.41 Å². The van der Waals surface area contributed by atoms with E-state index in [9.17, 15) is 9.59 Å². The summed E-state index contributed by atoms with van der Waals surface area (Å²) in [6.45, 7) is 3.62. The van der Waals surface area contributed by atoms with Gasteiger partial charge in [0.05, 0.1) is 12.5 Å². The summed E-state index contributed by atoms with van der Waals surface area (Å²) in [5.41, 5.74) is 5.83. The summed E-state index contributed by atoms with van der Waals surface area (Å²) in [5, 5.41) is 2.69. The Morgan fingerprint density at radius 1 is 1.37 bits per heavy atom. The van der Waals surface area contributed by atoms with Crippen molar-refractivity contribution in [2.45, 2.75) is 13.8 Å². The number of halogens is 1. The number of esters is 1. The lowest BCUT2D eigenvalue weighted by Gasteiger charge is -2.21. The van der Waals surface area contributed by atoms with Crippen molar-refractivity contribution in [3.05, 3.63) is 29.8 Å². The van der Waals surface area contributed by atoms with Gasteiger partial charge in [0.2, 0.25) is 0 Å². The number of rotatable bonds is 4. The minimum Gasteiger partial charge on any atom is -0.469 e. The summed E-state index contributed by atoms with van der Waals surface area (Å²) >= 11 is 0. The highest BCUT2D eigenvalue weighted by Gasteiger charge is 2.29. The Hall–Kier alpha value is -1.75. The Morgan fingerprint density at radius 3 is 2.53 bits per heavy atom. The van der Waals surface area contributed by atoms with Gasteiger partial charge in [0.15, 0.2) is 0 Å². The Balaban J connectivity index is 0.00000324. The van der Waals surface area contributed by atoms with Crippen LogP contribution >= 0.6 is 12.4 Å². The zero-order chi connectivity index (χ0) is 13.8. The number of amides is 1. The summed E-state index contributed by atoms with van der Waals surface area (Å²) in [4.78, 5) is 23.3. The molecule has 0 aromatic heterocycles. The maximum Gasteiger partial charge on any atom is 0.313 e. The van der Waals surface area contributed by atoms with E-state index in [1.165, 1.54) is 7.11 Å². The van der Waals surface area contributed by atoms with Gasteiger partial charge in [0.1, 0.15) is 0 Å². The fourth-order valence-corrected chi connectivity index (χ4v) is 1.43. The van der Waals surface area contributed by atoms with Crippen molar-refractivity contribution < 1.29 is 14.3 Å². The number of nitrogen functional groups attached to an aromatic ring is 1. The van der Waals surface area contributed by atoms with Gasteiger partial charge >= 0.3 is 5.97 Å². The molecule has 0 heterocycles. The van der Waals surface area contributed by atoms with Gasteiger partial charge in [-0.05, 0) is 32.0 Å². The van der Waals surface area contributed by atoms with Crippen LogP contribution in [0.25, 0.3) is 0 Å². The van der Waals surface area contributed by atoms with Crippen LogP contribution in [-0.4, -0.2) is 25.5 Å². The molecule has 6 heteroatoms. The van der Waals surface area contributed by atoms with Crippen molar-refractivity contribution in [3.8, 4) is 0 Å². The summed E-state index contributed by atoms with van der Waals surface area (Å²) in [6, 6.07) is 6.65. The molecular formula is C13H19ClN2O3. The van der Waals surface area contributed by atoms with Gasteiger partial charge in [-0.2, -0.15) is 0 Å². The van der Waals surface area contributed by atoms with Crippen molar-refractivity contribution in [2.24, 2.45) is 5.41 Å². The number of hydrogen-bond acceptors (Lipinski definition) is 4. The van der Waals surface area contributed by atoms with Gasteiger partial charge in [0.25, 0.3) is 5.91 Å². The smallest absolute Gasteiger partial charge is 0.313 e. The third-order valence-corrected chi connectivity index (χ3v) is 2.58. The average molecular weight is 287 g/mol. The molecule has 0 bridgehead atoms. The van der Waals surface area contributed by atoms with E-state index < -0.39 is 5.41 Å². The number of hydrogen-bond donors (Lipinski definition) is 2. The highest BCUT2D eigenvalue weighted by Crippen LogP contribution is 2.16. The van der Waals surface area contributed by atoms with Crippen molar-refractivity contribution in [2.75, 3.05) is 19.4 Å². The molecule has 5 nitrogen and oxygen atoms in total. The maximum atomic E-state index is 11.8. The molecule has 0 aliphatic heterocycles. The van der Waals surface area contributed by atoms with Crippen LogP contribution in [0.4, 0.5) is 5.69 Å². The molecule has 0 radical (unpaired) electrons. The van der Waals surface area contributed by atoms with E-state index in [4.69, 9.17) is 5.73 Å². The molecule has 1 rings (SSSR count). The molecule has 0 aliphatic carbocycles. The Kier molecular flexibility index (Phi) is 6.35. The standard InChI is InChI=1S/C13H18N2O3.ClH/c1-13(2,12(17)18-3)8-15-11(16)9-5-4-6-10(14)7-9;/h4-7H,8,14H2,1-3H3,(H,15,16);1H. The number of carbonyl (C=O) groups excluding carboxylic acids is 2. The zero-order valence-electron chi connectivity index (χ0n) is 11.2. The topological polar surface area (TPSA) is 81.4 Å². The average Bonchev–Trinajstić information content (AvgIpc) is 2.35. The lowest BCUT2D eigenvalue weighted by atomic mass is 9.93. The van der Waals surface area contributed by atoms with Gasteiger partial charge in [0, 0.05) is 17.8 Å². The van der Waals surface area contributed by atoms with Crippen LogP contribution in [0.15, 0.2) is 24.3 Å². The monoisotopic (exact) mass is 286 g/mol. The first-order chi connectivity index (χ1) is 8.36. The van der Waals surface area contributed by atoms with Crippen LogP contribution in [0.3, 0.4) is 0 Å². The third kappa shape index (κ3) is 4.79. The van der Waals surface area contributed by atoms with Crippen LogP contribution in [-0.2, 0) is 9.53 Å². The van der Waals surface area contributed by atoms with Gasteiger partial charge in [-0.25, -0.2) is 0 Å². The molecule has 0 aliphatic rings. The second-order valence-corrected chi connectivity index (χ2v) is 4.68.